The summed E-state index contributed by atoms with van der Waals surface area (Å²) in [5.74, 6) is 0. The summed E-state index contributed by atoms with van der Waals surface area (Å²) < 4.78 is 5.83. The largest absolute Gasteiger partial charge is 0.377 e. The van der Waals surface area contributed by atoms with Gasteiger partial charge in [-0.05, 0) is 48.7 Å². The van der Waals surface area contributed by atoms with E-state index < -0.39 is 0 Å². The Labute approximate surface area is 174 Å². The van der Waals surface area contributed by atoms with Crippen molar-refractivity contribution in [2.24, 2.45) is 0 Å². The molecule has 8 heteroatoms. The van der Waals surface area contributed by atoms with Crippen LogP contribution in [0.2, 0.25) is 0 Å². The molecule has 1 saturated heterocycles. The van der Waals surface area contributed by atoms with E-state index in [0.717, 1.165) is 42.2 Å². The van der Waals surface area contributed by atoms with Gasteiger partial charge in [0.2, 0.25) is 0 Å². The van der Waals surface area contributed by atoms with Gasteiger partial charge < -0.3 is 9.64 Å². The highest BCUT2D eigenvalue weighted by atomic mass is 16.5. The van der Waals surface area contributed by atoms with E-state index in [1.54, 1.807) is 34.4 Å². The number of nitrogens with zero attached hydrogens (tertiary/aromatic N) is 7. The maximum Gasteiger partial charge on any atom is 0.0888 e. The number of anilines is 1. The summed E-state index contributed by atoms with van der Waals surface area (Å²) in [6.07, 6.45) is 7.65. The van der Waals surface area contributed by atoms with Gasteiger partial charge in [-0.25, -0.2) is 0 Å². The van der Waals surface area contributed by atoms with Crippen LogP contribution in [-0.4, -0.2) is 55.8 Å². The van der Waals surface area contributed by atoms with Crippen molar-refractivity contribution >= 4 is 5.69 Å². The van der Waals surface area contributed by atoms with Crippen molar-refractivity contribution < 1.29 is 4.74 Å². The molecule has 1 aliphatic heterocycles. The first-order chi connectivity index (χ1) is 14.8. The minimum atomic E-state index is 0.237. The lowest BCUT2D eigenvalue weighted by molar-refractivity contribution is 0.0941. The van der Waals surface area contributed by atoms with Gasteiger partial charge in [0, 0.05) is 12.2 Å². The summed E-state index contributed by atoms with van der Waals surface area (Å²) in [6, 6.07) is 15.1. The van der Waals surface area contributed by atoms with Crippen molar-refractivity contribution in [3.8, 4) is 11.4 Å². The van der Waals surface area contributed by atoms with Gasteiger partial charge in [0.25, 0.3) is 0 Å². The molecule has 2 aromatic carbocycles. The average Bonchev–Trinajstić information content (AvgIpc) is 3.50. The molecule has 2 aromatic heterocycles. The Morgan fingerprint density at radius 1 is 0.900 bits per heavy atom. The molecule has 0 bridgehead atoms. The minimum Gasteiger partial charge on any atom is -0.377 e. The van der Waals surface area contributed by atoms with Crippen molar-refractivity contribution in [1.29, 1.82) is 0 Å². The second-order valence-corrected chi connectivity index (χ2v) is 7.40. The van der Waals surface area contributed by atoms with Crippen LogP contribution in [0, 0.1) is 6.92 Å². The van der Waals surface area contributed by atoms with Gasteiger partial charge in [-0.15, -0.1) is 0 Å². The molecule has 0 amide bonds. The number of morpholine rings is 1. The van der Waals surface area contributed by atoms with Crippen molar-refractivity contribution in [3.63, 3.8) is 0 Å². The number of aryl methyl sites for hydroxylation is 1. The molecule has 4 aromatic rings. The van der Waals surface area contributed by atoms with Gasteiger partial charge in [0.1, 0.15) is 0 Å². The number of hydrogen-bond donors (Lipinski definition) is 0. The first-order valence-corrected chi connectivity index (χ1v) is 10.1. The van der Waals surface area contributed by atoms with Gasteiger partial charge in [0.15, 0.2) is 0 Å². The summed E-state index contributed by atoms with van der Waals surface area (Å²) in [7, 11) is 0. The van der Waals surface area contributed by atoms with Crippen LogP contribution >= 0.6 is 0 Å². The second kappa shape index (κ2) is 8.08. The fourth-order valence-electron chi connectivity index (χ4n) is 3.92. The Morgan fingerprint density at radius 3 is 2.43 bits per heavy atom. The molecule has 8 nitrogen and oxygen atoms in total. The standard InChI is InChI=1S/C22H23N7O/c1-17-5-6-18(14-22(17)29-25-9-10-26-29)13-21-16-30-12-11-27(21)19-3-2-4-20(15-19)28-23-7-8-24-28/h2-10,14-15,21H,11-13,16H2,1H3/t21-/m1/s1. The summed E-state index contributed by atoms with van der Waals surface area (Å²) in [5, 5.41) is 17.1. The Hall–Kier alpha value is -3.52. The zero-order valence-corrected chi connectivity index (χ0v) is 16.8. The lowest BCUT2D eigenvalue weighted by Crippen LogP contribution is -2.46. The molecule has 0 saturated carbocycles. The zero-order chi connectivity index (χ0) is 20.3. The second-order valence-electron chi connectivity index (χ2n) is 7.40. The van der Waals surface area contributed by atoms with Crippen LogP contribution in [0.5, 0.6) is 0 Å². The minimum absolute atomic E-state index is 0.237. The highest BCUT2D eigenvalue weighted by Gasteiger charge is 2.24. The van der Waals surface area contributed by atoms with E-state index in [0.29, 0.717) is 6.61 Å². The van der Waals surface area contributed by atoms with Crippen molar-refractivity contribution in [2.75, 3.05) is 24.7 Å². The molecule has 30 heavy (non-hydrogen) atoms. The Bertz CT molecular complexity index is 1110. The van der Waals surface area contributed by atoms with E-state index in [4.69, 9.17) is 4.74 Å². The van der Waals surface area contributed by atoms with Crippen molar-refractivity contribution in [2.45, 2.75) is 19.4 Å². The number of hydrogen-bond acceptors (Lipinski definition) is 6. The maximum atomic E-state index is 5.83. The first kappa shape index (κ1) is 18.5. The SMILES string of the molecule is Cc1ccc(C[C@@H]2COCCN2c2cccc(-n3nccn3)c2)cc1-n1nccn1. The predicted octanol–water partition coefficient (Wildman–Crippen LogP) is 2.60. The van der Waals surface area contributed by atoms with Crippen LogP contribution < -0.4 is 4.90 Å². The number of rotatable bonds is 5. The van der Waals surface area contributed by atoms with E-state index >= 15 is 0 Å². The topological polar surface area (TPSA) is 73.9 Å². The number of benzene rings is 2. The normalized spacial score (nSPS) is 16.7. The predicted molar refractivity (Wildman–Crippen MR) is 113 cm³/mol. The van der Waals surface area contributed by atoms with Gasteiger partial charge in [0.05, 0.1) is 55.4 Å². The molecule has 152 valence electrons. The lowest BCUT2D eigenvalue weighted by atomic mass is 10.0. The molecule has 0 unspecified atom stereocenters. The molecule has 0 N–H and O–H groups in total. The zero-order valence-electron chi connectivity index (χ0n) is 16.8. The monoisotopic (exact) mass is 401 g/mol. The number of aromatic nitrogens is 6. The van der Waals surface area contributed by atoms with E-state index in [-0.39, 0.29) is 6.04 Å². The van der Waals surface area contributed by atoms with E-state index in [1.807, 2.05) is 12.1 Å². The van der Waals surface area contributed by atoms with Gasteiger partial charge in [-0.1, -0.05) is 18.2 Å². The van der Waals surface area contributed by atoms with Gasteiger partial charge in [-0.2, -0.15) is 30.0 Å². The molecule has 1 fully saturated rings. The summed E-state index contributed by atoms with van der Waals surface area (Å²) >= 11 is 0. The van der Waals surface area contributed by atoms with Crippen LogP contribution in [0.3, 0.4) is 0 Å². The third-order valence-electron chi connectivity index (χ3n) is 5.42. The van der Waals surface area contributed by atoms with Crippen LogP contribution in [0.1, 0.15) is 11.1 Å². The van der Waals surface area contributed by atoms with Gasteiger partial charge >= 0.3 is 0 Å². The van der Waals surface area contributed by atoms with Crippen LogP contribution in [0.25, 0.3) is 11.4 Å². The van der Waals surface area contributed by atoms with E-state index in [2.05, 4.69) is 62.6 Å². The maximum absolute atomic E-state index is 5.83. The summed E-state index contributed by atoms with van der Waals surface area (Å²) in [5.41, 5.74) is 5.49. The number of ether oxygens (including phenoxy) is 1. The smallest absolute Gasteiger partial charge is 0.0888 e. The molecule has 1 aliphatic rings. The highest BCUT2D eigenvalue weighted by molar-refractivity contribution is 5.54. The third kappa shape index (κ3) is 3.69. The van der Waals surface area contributed by atoms with Crippen LogP contribution in [0.4, 0.5) is 5.69 Å². The van der Waals surface area contributed by atoms with Gasteiger partial charge in [-0.3, -0.25) is 0 Å². The quantitative estimate of drug-likeness (QED) is 0.512. The molecular formula is C22H23N7O. The molecular weight excluding hydrogens is 378 g/mol. The lowest BCUT2D eigenvalue weighted by Gasteiger charge is -2.37. The molecule has 1 atom stereocenters. The summed E-state index contributed by atoms with van der Waals surface area (Å²) in [6.45, 7) is 4.33. The fourth-order valence-corrected chi connectivity index (χ4v) is 3.92. The van der Waals surface area contributed by atoms with Crippen LogP contribution in [-0.2, 0) is 11.2 Å². The highest BCUT2D eigenvalue weighted by Crippen LogP contribution is 2.25. The molecule has 5 rings (SSSR count). The average molecular weight is 401 g/mol. The first-order valence-electron chi connectivity index (χ1n) is 10.1. The van der Waals surface area contributed by atoms with Crippen LogP contribution in [0.15, 0.2) is 67.3 Å². The molecule has 3 heterocycles. The fraction of sp³-hybridized carbons (Fsp3) is 0.273. The third-order valence-corrected chi connectivity index (χ3v) is 5.42. The van der Waals surface area contributed by atoms with Crippen molar-refractivity contribution in [1.82, 2.24) is 30.0 Å². The summed E-state index contributed by atoms with van der Waals surface area (Å²) in [4.78, 5) is 5.74. The van der Waals surface area contributed by atoms with E-state index in [1.165, 1.54) is 5.56 Å². The Balaban J connectivity index is 1.42. The van der Waals surface area contributed by atoms with E-state index in [9.17, 15) is 0 Å². The molecule has 0 radical (unpaired) electrons. The molecule has 0 spiro atoms. The molecule has 0 aliphatic carbocycles. The Morgan fingerprint density at radius 2 is 1.63 bits per heavy atom. The Kier molecular flexibility index (Phi) is 4.98. The van der Waals surface area contributed by atoms with Crippen molar-refractivity contribution in [3.05, 3.63) is 78.4 Å².